The van der Waals surface area contributed by atoms with Crippen LogP contribution in [0.25, 0.3) is 0 Å². The SMILES string of the molecule is CCNC(CSCC(C)C)c1cc(F)ccc1C. The van der Waals surface area contributed by atoms with Crippen molar-refractivity contribution in [1.29, 1.82) is 0 Å². The smallest absolute Gasteiger partial charge is 0.123 e. The molecule has 0 amide bonds. The van der Waals surface area contributed by atoms with Gasteiger partial charge in [0.05, 0.1) is 0 Å². The molecule has 1 aromatic carbocycles. The molecule has 0 saturated heterocycles. The van der Waals surface area contributed by atoms with Crippen molar-refractivity contribution in [3.05, 3.63) is 35.1 Å². The fraction of sp³-hybridized carbons (Fsp3) is 0.600. The third-order valence-electron chi connectivity index (χ3n) is 2.80. The van der Waals surface area contributed by atoms with Crippen molar-refractivity contribution in [1.82, 2.24) is 5.32 Å². The van der Waals surface area contributed by atoms with Crippen LogP contribution in [0.2, 0.25) is 0 Å². The number of benzene rings is 1. The molecule has 18 heavy (non-hydrogen) atoms. The third kappa shape index (κ3) is 4.99. The Morgan fingerprint density at radius 1 is 1.28 bits per heavy atom. The van der Waals surface area contributed by atoms with Crippen molar-refractivity contribution in [3.63, 3.8) is 0 Å². The van der Waals surface area contributed by atoms with E-state index < -0.39 is 0 Å². The van der Waals surface area contributed by atoms with E-state index in [0.29, 0.717) is 5.92 Å². The van der Waals surface area contributed by atoms with Crippen LogP contribution < -0.4 is 5.32 Å². The van der Waals surface area contributed by atoms with E-state index in [-0.39, 0.29) is 11.9 Å². The van der Waals surface area contributed by atoms with Gasteiger partial charge in [0.1, 0.15) is 5.82 Å². The molecule has 0 aliphatic heterocycles. The molecule has 0 heterocycles. The van der Waals surface area contributed by atoms with Gasteiger partial charge in [-0.2, -0.15) is 11.8 Å². The van der Waals surface area contributed by atoms with Gasteiger partial charge in [0, 0.05) is 11.8 Å². The molecular formula is C15H24FNS. The minimum atomic E-state index is -0.146. The average molecular weight is 269 g/mol. The number of thioether (sulfide) groups is 1. The molecule has 3 heteroatoms. The van der Waals surface area contributed by atoms with Gasteiger partial charge in [-0.1, -0.05) is 26.8 Å². The van der Waals surface area contributed by atoms with E-state index in [4.69, 9.17) is 0 Å². The molecule has 1 atom stereocenters. The highest BCUT2D eigenvalue weighted by Gasteiger charge is 2.13. The van der Waals surface area contributed by atoms with Crippen molar-refractivity contribution in [2.24, 2.45) is 5.92 Å². The Bertz CT molecular complexity index is 366. The van der Waals surface area contributed by atoms with Gasteiger partial charge in [0.2, 0.25) is 0 Å². The van der Waals surface area contributed by atoms with Crippen LogP contribution in [0.1, 0.15) is 37.9 Å². The minimum Gasteiger partial charge on any atom is -0.309 e. The largest absolute Gasteiger partial charge is 0.309 e. The molecule has 1 rings (SSSR count). The molecule has 102 valence electrons. The lowest BCUT2D eigenvalue weighted by atomic mass is 10.0. The molecule has 0 aromatic heterocycles. The van der Waals surface area contributed by atoms with Crippen LogP contribution in [0.4, 0.5) is 4.39 Å². The van der Waals surface area contributed by atoms with E-state index in [2.05, 4.69) is 26.1 Å². The normalized spacial score (nSPS) is 13.0. The quantitative estimate of drug-likeness (QED) is 0.797. The third-order valence-corrected chi connectivity index (χ3v) is 4.27. The second-order valence-corrected chi connectivity index (χ2v) is 6.12. The van der Waals surface area contributed by atoms with E-state index in [1.165, 1.54) is 6.07 Å². The van der Waals surface area contributed by atoms with E-state index in [9.17, 15) is 4.39 Å². The van der Waals surface area contributed by atoms with Crippen LogP contribution in [0.3, 0.4) is 0 Å². The Hall–Kier alpha value is -0.540. The van der Waals surface area contributed by atoms with Gasteiger partial charge in [-0.15, -0.1) is 0 Å². The number of aryl methyl sites for hydroxylation is 1. The zero-order chi connectivity index (χ0) is 13.5. The molecule has 0 saturated carbocycles. The maximum atomic E-state index is 13.4. The predicted octanol–water partition coefficient (Wildman–Crippen LogP) is 4.17. The molecule has 0 bridgehead atoms. The zero-order valence-corrected chi connectivity index (χ0v) is 12.6. The van der Waals surface area contributed by atoms with Gasteiger partial charge < -0.3 is 5.32 Å². The van der Waals surface area contributed by atoms with Gasteiger partial charge in [-0.3, -0.25) is 0 Å². The predicted molar refractivity (Wildman–Crippen MR) is 79.7 cm³/mol. The summed E-state index contributed by atoms with van der Waals surface area (Å²) in [6.45, 7) is 9.50. The van der Waals surface area contributed by atoms with Crippen LogP contribution in [0.5, 0.6) is 0 Å². The van der Waals surface area contributed by atoms with Gasteiger partial charge in [0.15, 0.2) is 0 Å². The first-order valence-corrected chi connectivity index (χ1v) is 7.77. The summed E-state index contributed by atoms with van der Waals surface area (Å²) in [5.41, 5.74) is 2.25. The summed E-state index contributed by atoms with van der Waals surface area (Å²) in [7, 11) is 0. The maximum absolute atomic E-state index is 13.4. The Morgan fingerprint density at radius 3 is 2.61 bits per heavy atom. The fourth-order valence-corrected chi connectivity index (χ4v) is 3.05. The highest BCUT2D eigenvalue weighted by molar-refractivity contribution is 7.99. The van der Waals surface area contributed by atoms with Crippen molar-refractivity contribution in [3.8, 4) is 0 Å². The minimum absolute atomic E-state index is 0.146. The highest BCUT2D eigenvalue weighted by Crippen LogP contribution is 2.23. The van der Waals surface area contributed by atoms with E-state index in [0.717, 1.165) is 29.2 Å². The van der Waals surface area contributed by atoms with Crippen LogP contribution in [0.15, 0.2) is 18.2 Å². The number of halogens is 1. The number of nitrogens with one attached hydrogen (secondary N) is 1. The molecular weight excluding hydrogens is 245 g/mol. The Morgan fingerprint density at radius 2 is 2.00 bits per heavy atom. The number of hydrogen-bond donors (Lipinski definition) is 1. The van der Waals surface area contributed by atoms with Crippen LogP contribution in [-0.4, -0.2) is 18.1 Å². The second-order valence-electron chi connectivity index (χ2n) is 5.04. The molecule has 0 spiro atoms. The van der Waals surface area contributed by atoms with Gasteiger partial charge in [0.25, 0.3) is 0 Å². The van der Waals surface area contributed by atoms with E-state index >= 15 is 0 Å². The van der Waals surface area contributed by atoms with Crippen LogP contribution in [-0.2, 0) is 0 Å². The molecule has 1 unspecified atom stereocenters. The molecule has 0 fully saturated rings. The lowest BCUT2D eigenvalue weighted by Crippen LogP contribution is -2.24. The van der Waals surface area contributed by atoms with Crippen molar-refractivity contribution < 1.29 is 4.39 Å². The summed E-state index contributed by atoms with van der Waals surface area (Å²) in [5.74, 6) is 2.70. The summed E-state index contributed by atoms with van der Waals surface area (Å²) in [6.07, 6.45) is 0. The zero-order valence-electron chi connectivity index (χ0n) is 11.8. The monoisotopic (exact) mass is 269 g/mol. The van der Waals surface area contributed by atoms with Crippen LogP contribution in [0, 0.1) is 18.7 Å². The van der Waals surface area contributed by atoms with Gasteiger partial charge >= 0.3 is 0 Å². The molecule has 1 N–H and O–H groups in total. The van der Waals surface area contributed by atoms with Crippen molar-refractivity contribution in [2.45, 2.75) is 33.7 Å². The first-order chi connectivity index (χ1) is 8.54. The first kappa shape index (κ1) is 15.5. The van der Waals surface area contributed by atoms with Crippen molar-refractivity contribution >= 4 is 11.8 Å². The first-order valence-electron chi connectivity index (χ1n) is 6.61. The fourth-order valence-electron chi connectivity index (χ4n) is 1.91. The summed E-state index contributed by atoms with van der Waals surface area (Å²) >= 11 is 1.93. The second kappa shape index (κ2) is 7.80. The molecule has 1 nitrogen and oxygen atoms in total. The Labute approximate surface area is 115 Å². The lowest BCUT2D eigenvalue weighted by molar-refractivity contribution is 0.585. The molecule has 0 aliphatic carbocycles. The topological polar surface area (TPSA) is 12.0 Å². The lowest BCUT2D eigenvalue weighted by Gasteiger charge is -2.20. The molecule has 0 radical (unpaired) electrons. The summed E-state index contributed by atoms with van der Waals surface area (Å²) in [5, 5.41) is 3.45. The maximum Gasteiger partial charge on any atom is 0.123 e. The molecule has 1 aromatic rings. The summed E-state index contributed by atoms with van der Waals surface area (Å²) in [4.78, 5) is 0. The number of hydrogen-bond acceptors (Lipinski definition) is 2. The van der Waals surface area contributed by atoms with Gasteiger partial charge in [-0.25, -0.2) is 4.39 Å². The summed E-state index contributed by atoms with van der Waals surface area (Å²) < 4.78 is 13.4. The van der Waals surface area contributed by atoms with E-state index in [1.54, 1.807) is 6.07 Å². The van der Waals surface area contributed by atoms with Crippen molar-refractivity contribution in [2.75, 3.05) is 18.1 Å². The Kier molecular flexibility index (Phi) is 6.72. The van der Waals surface area contributed by atoms with Gasteiger partial charge in [-0.05, 0) is 48.4 Å². The summed E-state index contributed by atoms with van der Waals surface area (Å²) in [6, 6.07) is 5.30. The Balaban J connectivity index is 2.73. The van der Waals surface area contributed by atoms with E-state index in [1.807, 2.05) is 24.8 Å². The highest BCUT2D eigenvalue weighted by atomic mass is 32.2. The number of rotatable bonds is 7. The average Bonchev–Trinajstić information content (AvgIpc) is 2.31. The standard InChI is InChI=1S/C15H24FNS/c1-5-17-15(10-18-9-11(2)3)14-8-13(16)7-6-12(14)4/h6-8,11,15,17H,5,9-10H2,1-4H3. The van der Waals surface area contributed by atoms with Crippen LogP contribution >= 0.6 is 11.8 Å². The molecule has 0 aliphatic rings.